The van der Waals surface area contributed by atoms with Crippen molar-refractivity contribution in [3.63, 3.8) is 0 Å². The van der Waals surface area contributed by atoms with E-state index in [9.17, 15) is 19.2 Å². The molecule has 0 atom stereocenters. The predicted molar refractivity (Wildman–Crippen MR) is 146 cm³/mol. The molecule has 5 rings (SSSR count). The van der Waals surface area contributed by atoms with E-state index in [0.717, 1.165) is 11.1 Å². The van der Waals surface area contributed by atoms with Gasteiger partial charge in [-0.05, 0) is 35.4 Å². The summed E-state index contributed by atoms with van der Waals surface area (Å²) in [5, 5.41) is 0. The van der Waals surface area contributed by atoms with Crippen LogP contribution in [0.4, 0.5) is 0 Å². The van der Waals surface area contributed by atoms with Crippen molar-refractivity contribution in [3.05, 3.63) is 148 Å². The van der Waals surface area contributed by atoms with Gasteiger partial charge < -0.3 is 4.74 Å². The maximum atomic E-state index is 13.2. The fourth-order valence-electron chi connectivity index (χ4n) is 4.37. The molecule has 1 aliphatic rings. The Kier molecular flexibility index (Phi) is 6.74. The van der Waals surface area contributed by atoms with E-state index in [1.54, 1.807) is 86.0 Å². The Balaban J connectivity index is 1.32. The third-order valence-electron chi connectivity index (χ3n) is 6.36. The number of carbonyl (C=O) groups is 4. The molecule has 0 bridgehead atoms. The van der Waals surface area contributed by atoms with E-state index in [2.05, 4.69) is 0 Å². The number of ketones is 4. The standard InChI is InChI=1S/C33H22O5/c1-38-24-7-4-6-23(20-24)29(34)18-16-21-12-14-22(15-13-21)17-19-30(35)27-10-5-11-28-31(27)33(37)26-9-3-2-8-25(26)32(28)36/h2-20H,1H3/b18-16+,19-17+. The molecule has 0 fully saturated rings. The summed E-state index contributed by atoms with van der Waals surface area (Å²) in [6, 6.07) is 25.7. The van der Waals surface area contributed by atoms with E-state index in [-0.39, 0.29) is 39.8 Å². The number of rotatable bonds is 7. The smallest absolute Gasteiger partial charge is 0.195 e. The molecule has 0 aliphatic heterocycles. The van der Waals surface area contributed by atoms with Crippen LogP contribution in [-0.2, 0) is 0 Å². The Bertz CT molecular complexity index is 1660. The molecule has 0 saturated heterocycles. The number of ether oxygens (including phenoxy) is 1. The SMILES string of the molecule is COc1cccc(C(=O)/C=C/c2ccc(/C=C/C(=O)c3cccc4c3C(=O)c3ccccc3C4=O)cc2)c1. The maximum absolute atomic E-state index is 13.2. The second kappa shape index (κ2) is 10.4. The van der Waals surface area contributed by atoms with Crippen molar-refractivity contribution in [1.29, 1.82) is 0 Å². The molecule has 0 N–H and O–H groups in total. The van der Waals surface area contributed by atoms with Crippen LogP contribution in [0, 0.1) is 0 Å². The zero-order chi connectivity index (χ0) is 26.6. The van der Waals surface area contributed by atoms with E-state index < -0.39 is 0 Å². The van der Waals surface area contributed by atoms with E-state index in [1.807, 2.05) is 24.3 Å². The van der Waals surface area contributed by atoms with Gasteiger partial charge in [-0.25, -0.2) is 0 Å². The molecule has 0 aromatic heterocycles. The van der Waals surface area contributed by atoms with Crippen molar-refractivity contribution in [1.82, 2.24) is 0 Å². The highest BCUT2D eigenvalue weighted by Gasteiger charge is 2.32. The lowest BCUT2D eigenvalue weighted by atomic mass is 9.81. The molecular weight excluding hydrogens is 476 g/mol. The quantitative estimate of drug-likeness (QED) is 0.195. The van der Waals surface area contributed by atoms with Crippen LogP contribution >= 0.6 is 0 Å². The summed E-state index contributed by atoms with van der Waals surface area (Å²) in [5.41, 5.74) is 3.37. The van der Waals surface area contributed by atoms with Gasteiger partial charge >= 0.3 is 0 Å². The lowest BCUT2D eigenvalue weighted by molar-refractivity contribution is 0.0972. The molecule has 0 heterocycles. The Morgan fingerprint density at radius 2 is 1.21 bits per heavy atom. The van der Waals surface area contributed by atoms with Crippen molar-refractivity contribution in [2.24, 2.45) is 0 Å². The van der Waals surface area contributed by atoms with E-state index >= 15 is 0 Å². The first-order valence-corrected chi connectivity index (χ1v) is 12.0. The van der Waals surface area contributed by atoms with Crippen LogP contribution in [-0.4, -0.2) is 30.2 Å². The average molecular weight is 499 g/mol. The topological polar surface area (TPSA) is 77.5 Å². The van der Waals surface area contributed by atoms with Crippen molar-refractivity contribution in [3.8, 4) is 5.75 Å². The number of benzene rings is 4. The molecule has 184 valence electrons. The minimum Gasteiger partial charge on any atom is -0.497 e. The van der Waals surface area contributed by atoms with Crippen LogP contribution in [0.1, 0.15) is 63.7 Å². The van der Waals surface area contributed by atoms with E-state index in [0.29, 0.717) is 22.4 Å². The fourth-order valence-corrected chi connectivity index (χ4v) is 4.37. The van der Waals surface area contributed by atoms with Crippen LogP contribution in [0.15, 0.2) is 103 Å². The van der Waals surface area contributed by atoms with Crippen molar-refractivity contribution < 1.29 is 23.9 Å². The first kappa shape index (κ1) is 24.5. The lowest BCUT2D eigenvalue weighted by Crippen LogP contribution is -2.23. The van der Waals surface area contributed by atoms with Crippen molar-refractivity contribution in [2.75, 3.05) is 7.11 Å². The molecule has 4 aromatic carbocycles. The number of hydrogen-bond acceptors (Lipinski definition) is 5. The van der Waals surface area contributed by atoms with Crippen LogP contribution < -0.4 is 4.74 Å². The minimum atomic E-state index is -0.366. The van der Waals surface area contributed by atoms with Crippen molar-refractivity contribution in [2.45, 2.75) is 0 Å². The molecule has 1 aliphatic carbocycles. The summed E-state index contributed by atoms with van der Waals surface area (Å²) in [5.74, 6) is -0.475. The van der Waals surface area contributed by atoms with Crippen LogP contribution in [0.25, 0.3) is 12.2 Å². The lowest BCUT2D eigenvalue weighted by Gasteiger charge is -2.19. The van der Waals surface area contributed by atoms with Gasteiger partial charge in [-0.1, -0.05) is 91.0 Å². The number of methoxy groups -OCH3 is 1. The van der Waals surface area contributed by atoms with Gasteiger partial charge in [-0.3, -0.25) is 19.2 Å². The summed E-state index contributed by atoms with van der Waals surface area (Å²) >= 11 is 0. The zero-order valence-electron chi connectivity index (χ0n) is 20.5. The molecule has 5 heteroatoms. The molecule has 0 spiro atoms. The summed E-state index contributed by atoms with van der Waals surface area (Å²) in [4.78, 5) is 51.6. The summed E-state index contributed by atoms with van der Waals surface area (Å²) < 4.78 is 5.16. The molecule has 0 radical (unpaired) electrons. The minimum absolute atomic E-state index is 0.139. The molecular formula is C33H22O5. The second-order valence-electron chi connectivity index (χ2n) is 8.73. The van der Waals surface area contributed by atoms with E-state index in [1.165, 1.54) is 12.2 Å². The molecule has 0 saturated carbocycles. The highest BCUT2D eigenvalue weighted by Crippen LogP contribution is 2.30. The first-order chi connectivity index (χ1) is 18.5. The molecule has 38 heavy (non-hydrogen) atoms. The third kappa shape index (κ3) is 4.77. The number of carbonyl (C=O) groups excluding carboxylic acids is 4. The zero-order valence-corrected chi connectivity index (χ0v) is 20.5. The fraction of sp³-hybridized carbons (Fsp3) is 0.0303. The third-order valence-corrected chi connectivity index (χ3v) is 6.36. The van der Waals surface area contributed by atoms with Gasteiger partial charge in [0.2, 0.25) is 0 Å². The molecule has 0 unspecified atom stereocenters. The Hall–Kier alpha value is -5.16. The van der Waals surface area contributed by atoms with Crippen molar-refractivity contribution >= 4 is 35.3 Å². The second-order valence-corrected chi connectivity index (χ2v) is 8.73. The van der Waals surface area contributed by atoms with Gasteiger partial charge in [0.1, 0.15) is 5.75 Å². The average Bonchev–Trinajstić information content (AvgIpc) is 2.97. The van der Waals surface area contributed by atoms with Gasteiger partial charge in [-0.15, -0.1) is 0 Å². The number of hydrogen-bond donors (Lipinski definition) is 0. The molecule has 4 aromatic rings. The van der Waals surface area contributed by atoms with Gasteiger partial charge in [0, 0.05) is 33.4 Å². The van der Waals surface area contributed by atoms with Gasteiger partial charge in [0.25, 0.3) is 0 Å². The molecule has 5 nitrogen and oxygen atoms in total. The number of fused-ring (bicyclic) bond motifs is 2. The summed E-state index contributed by atoms with van der Waals surface area (Å²) in [6.07, 6.45) is 6.26. The van der Waals surface area contributed by atoms with Crippen LogP contribution in [0.2, 0.25) is 0 Å². The highest BCUT2D eigenvalue weighted by molar-refractivity contribution is 6.31. The van der Waals surface area contributed by atoms with E-state index in [4.69, 9.17) is 4.74 Å². The van der Waals surface area contributed by atoms with Crippen LogP contribution in [0.5, 0.6) is 5.75 Å². The number of allylic oxidation sites excluding steroid dienone is 2. The Morgan fingerprint density at radius 1 is 0.632 bits per heavy atom. The predicted octanol–water partition coefficient (Wildman–Crippen LogP) is 6.26. The Morgan fingerprint density at radius 3 is 1.87 bits per heavy atom. The monoisotopic (exact) mass is 498 g/mol. The first-order valence-electron chi connectivity index (χ1n) is 12.0. The largest absolute Gasteiger partial charge is 0.497 e. The Labute approximate surface area is 219 Å². The summed E-state index contributed by atoms with van der Waals surface area (Å²) in [7, 11) is 1.55. The van der Waals surface area contributed by atoms with Gasteiger partial charge in [0.15, 0.2) is 23.1 Å². The normalized spacial score (nSPS) is 12.4. The van der Waals surface area contributed by atoms with Gasteiger partial charge in [0.05, 0.1) is 7.11 Å². The molecule has 0 amide bonds. The maximum Gasteiger partial charge on any atom is 0.195 e. The highest BCUT2D eigenvalue weighted by atomic mass is 16.5. The van der Waals surface area contributed by atoms with Crippen LogP contribution in [0.3, 0.4) is 0 Å². The summed E-state index contributed by atoms with van der Waals surface area (Å²) in [6.45, 7) is 0. The van der Waals surface area contributed by atoms with Gasteiger partial charge in [-0.2, -0.15) is 0 Å².